The molecular formula is C17H17NO4S. The lowest BCUT2D eigenvalue weighted by Crippen LogP contribution is -2.28. The molecule has 0 spiro atoms. The summed E-state index contributed by atoms with van der Waals surface area (Å²) in [5.41, 5.74) is 0.904. The van der Waals surface area contributed by atoms with Crippen LogP contribution in [-0.2, 0) is 20.9 Å². The Labute approximate surface area is 138 Å². The van der Waals surface area contributed by atoms with Crippen molar-refractivity contribution in [1.82, 2.24) is 5.32 Å². The number of esters is 1. The van der Waals surface area contributed by atoms with E-state index in [9.17, 15) is 9.59 Å². The van der Waals surface area contributed by atoms with E-state index in [-0.39, 0.29) is 12.5 Å². The molecule has 0 radical (unpaired) electrons. The van der Waals surface area contributed by atoms with Crippen LogP contribution in [0.1, 0.15) is 10.4 Å². The van der Waals surface area contributed by atoms with Crippen molar-refractivity contribution in [2.75, 3.05) is 13.7 Å². The number of hydrogen-bond acceptors (Lipinski definition) is 5. The molecule has 120 valence electrons. The van der Waals surface area contributed by atoms with Crippen LogP contribution < -0.4 is 10.1 Å². The number of thiophene rings is 1. The molecule has 1 aromatic carbocycles. The highest BCUT2D eigenvalue weighted by atomic mass is 32.1. The van der Waals surface area contributed by atoms with Crippen molar-refractivity contribution in [3.05, 3.63) is 58.3 Å². The van der Waals surface area contributed by atoms with E-state index < -0.39 is 5.97 Å². The molecule has 2 rings (SSSR count). The largest absolute Gasteiger partial charge is 0.497 e. The topological polar surface area (TPSA) is 64.6 Å². The van der Waals surface area contributed by atoms with E-state index in [1.165, 1.54) is 17.4 Å². The van der Waals surface area contributed by atoms with Gasteiger partial charge in [0.05, 0.1) is 7.11 Å². The Bertz CT molecular complexity index is 680. The van der Waals surface area contributed by atoms with Gasteiger partial charge < -0.3 is 14.8 Å². The van der Waals surface area contributed by atoms with Gasteiger partial charge in [-0.05, 0) is 35.2 Å². The molecule has 23 heavy (non-hydrogen) atoms. The third-order valence-electron chi connectivity index (χ3n) is 2.90. The van der Waals surface area contributed by atoms with Crippen molar-refractivity contribution in [1.29, 1.82) is 0 Å². The second-order valence-corrected chi connectivity index (χ2v) is 5.56. The SMILES string of the molecule is COc1cccc(CNC(=O)COC(=O)/C=C/c2cccs2)c1. The molecule has 0 atom stereocenters. The maximum Gasteiger partial charge on any atom is 0.331 e. The fourth-order valence-corrected chi connectivity index (χ4v) is 2.37. The zero-order chi connectivity index (χ0) is 16.5. The van der Waals surface area contributed by atoms with Gasteiger partial charge in [-0.25, -0.2) is 4.79 Å². The van der Waals surface area contributed by atoms with Gasteiger partial charge in [-0.3, -0.25) is 4.79 Å². The molecule has 0 bridgehead atoms. The third kappa shape index (κ3) is 5.96. The minimum atomic E-state index is -0.546. The van der Waals surface area contributed by atoms with E-state index in [2.05, 4.69) is 5.32 Å². The van der Waals surface area contributed by atoms with E-state index in [0.717, 1.165) is 16.2 Å². The number of nitrogens with one attached hydrogen (secondary N) is 1. The fraction of sp³-hybridized carbons (Fsp3) is 0.176. The summed E-state index contributed by atoms with van der Waals surface area (Å²) >= 11 is 1.51. The van der Waals surface area contributed by atoms with Gasteiger partial charge >= 0.3 is 5.97 Å². The fourth-order valence-electron chi connectivity index (χ4n) is 1.76. The minimum absolute atomic E-state index is 0.308. The number of hydrogen-bond donors (Lipinski definition) is 1. The average Bonchev–Trinajstić information content (AvgIpc) is 3.10. The van der Waals surface area contributed by atoms with Crippen LogP contribution in [0.2, 0.25) is 0 Å². The number of methoxy groups -OCH3 is 1. The molecule has 0 aliphatic heterocycles. The number of amides is 1. The van der Waals surface area contributed by atoms with Gasteiger partial charge in [-0.15, -0.1) is 11.3 Å². The normalized spacial score (nSPS) is 10.5. The van der Waals surface area contributed by atoms with E-state index in [1.54, 1.807) is 13.2 Å². The molecule has 6 heteroatoms. The van der Waals surface area contributed by atoms with E-state index in [1.807, 2.05) is 41.8 Å². The van der Waals surface area contributed by atoms with Crippen molar-refractivity contribution in [2.24, 2.45) is 0 Å². The first kappa shape index (κ1) is 16.8. The number of rotatable bonds is 7. The maximum atomic E-state index is 11.7. The van der Waals surface area contributed by atoms with Crippen molar-refractivity contribution in [2.45, 2.75) is 6.54 Å². The van der Waals surface area contributed by atoms with Crippen LogP contribution in [0, 0.1) is 0 Å². The van der Waals surface area contributed by atoms with Crippen molar-refractivity contribution in [3.63, 3.8) is 0 Å². The molecule has 1 N–H and O–H groups in total. The molecule has 1 amide bonds. The first-order chi connectivity index (χ1) is 11.2. The standard InChI is InChI=1S/C17H17NO4S/c1-21-14-5-2-4-13(10-14)11-18-16(19)12-22-17(20)8-7-15-6-3-9-23-15/h2-10H,11-12H2,1H3,(H,18,19)/b8-7+. The summed E-state index contributed by atoms with van der Waals surface area (Å²) in [5, 5.41) is 4.60. The zero-order valence-electron chi connectivity index (χ0n) is 12.7. The summed E-state index contributed by atoms with van der Waals surface area (Å²) in [6.45, 7) is 0.0379. The maximum absolute atomic E-state index is 11.7. The summed E-state index contributed by atoms with van der Waals surface area (Å²) in [5.74, 6) is -0.178. The lowest BCUT2D eigenvalue weighted by atomic mass is 10.2. The Balaban J connectivity index is 1.71. The Morgan fingerprint density at radius 1 is 1.26 bits per heavy atom. The van der Waals surface area contributed by atoms with E-state index in [4.69, 9.17) is 9.47 Å². The molecule has 0 aliphatic rings. The first-order valence-corrected chi connectivity index (χ1v) is 7.83. The zero-order valence-corrected chi connectivity index (χ0v) is 13.5. The average molecular weight is 331 g/mol. The van der Waals surface area contributed by atoms with E-state index >= 15 is 0 Å². The van der Waals surface area contributed by atoms with Crippen molar-refractivity contribution < 1.29 is 19.1 Å². The van der Waals surface area contributed by atoms with Gasteiger partial charge in [-0.2, -0.15) is 0 Å². The van der Waals surface area contributed by atoms with Crippen LogP contribution in [0.3, 0.4) is 0 Å². The third-order valence-corrected chi connectivity index (χ3v) is 3.73. The van der Waals surface area contributed by atoms with Crippen LogP contribution in [0.25, 0.3) is 6.08 Å². The second-order valence-electron chi connectivity index (χ2n) is 4.58. The van der Waals surface area contributed by atoms with Crippen LogP contribution >= 0.6 is 11.3 Å². The summed E-state index contributed by atoms with van der Waals surface area (Å²) in [7, 11) is 1.58. The summed E-state index contributed by atoms with van der Waals surface area (Å²) < 4.78 is 9.99. The Morgan fingerprint density at radius 2 is 2.13 bits per heavy atom. The van der Waals surface area contributed by atoms with Crippen LogP contribution in [0.15, 0.2) is 47.9 Å². The number of carbonyl (C=O) groups excluding carboxylic acids is 2. The predicted octanol–water partition coefficient (Wildman–Crippen LogP) is 2.63. The van der Waals surface area contributed by atoms with Crippen LogP contribution in [0.4, 0.5) is 0 Å². The Morgan fingerprint density at radius 3 is 2.87 bits per heavy atom. The number of benzene rings is 1. The molecule has 2 aromatic rings. The highest BCUT2D eigenvalue weighted by Gasteiger charge is 2.05. The molecule has 0 saturated heterocycles. The van der Waals surface area contributed by atoms with Gasteiger partial charge in [0.25, 0.3) is 5.91 Å². The van der Waals surface area contributed by atoms with E-state index in [0.29, 0.717) is 6.54 Å². The van der Waals surface area contributed by atoms with Gasteiger partial charge in [0.1, 0.15) is 5.75 Å². The van der Waals surface area contributed by atoms with Gasteiger partial charge in [-0.1, -0.05) is 18.2 Å². The first-order valence-electron chi connectivity index (χ1n) is 6.95. The second kappa shape index (κ2) is 8.75. The summed E-state index contributed by atoms with van der Waals surface area (Å²) in [6, 6.07) is 11.1. The molecule has 0 fully saturated rings. The van der Waals surface area contributed by atoms with Gasteiger partial charge in [0.2, 0.25) is 0 Å². The van der Waals surface area contributed by atoms with Gasteiger partial charge in [0, 0.05) is 17.5 Å². The van der Waals surface area contributed by atoms with Crippen LogP contribution in [-0.4, -0.2) is 25.6 Å². The molecule has 5 nitrogen and oxygen atoms in total. The summed E-state index contributed by atoms with van der Waals surface area (Å²) in [4.78, 5) is 24.1. The smallest absolute Gasteiger partial charge is 0.331 e. The molecule has 0 saturated carbocycles. The lowest BCUT2D eigenvalue weighted by molar-refractivity contribution is -0.143. The molecule has 1 aromatic heterocycles. The Kier molecular flexibility index (Phi) is 6.38. The highest BCUT2D eigenvalue weighted by Crippen LogP contribution is 2.12. The quantitative estimate of drug-likeness (QED) is 0.626. The summed E-state index contributed by atoms with van der Waals surface area (Å²) in [6.07, 6.45) is 2.96. The molecular weight excluding hydrogens is 314 g/mol. The highest BCUT2D eigenvalue weighted by molar-refractivity contribution is 7.10. The lowest BCUT2D eigenvalue weighted by Gasteiger charge is -2.07. The number of carbonyl (C=O) groups is 2. The van der Waals surface area contributed by atoms with Crippen LogP contribution in [0.5, 0.6) is 5.75 Å². The molecule has 1 heterocycles. The predicted molar refractivity (Wildman–Crippen MR) is 89.2 cm³/mol. The van der Waals surface area contributed by atoms with Crippen molar-refractivity contribution >= 4 is 29.3 Å². The monoisotopic (exact) mass is 331 g/mol. The Hall–Kier alpha value is -2.60. The van der Waals surface area contributed by atoms with Crippen molar-refractivity contribution in [3.8, 4) is 5.75 Å². The molecule has 0 aliphatic carbocycles. The van der Waals surface area contributed by atoms with Gasteiger partial charge in [0.15, 0.2) is 6.61 Å². The minimum Gasteiger partial charge on any atom is -0.497 e. The number of ether oxygens (including phenoxy) is 2. The molecule has 0 unspecified atom stereocenters.